The minimum Gasteiger partial charge on any atom is -0.357 e. The third kappa shape index (κ3) is 4.16. The Balaban J connectivity index is 1.93. The molecule has 1 aliphatic rings. The number of nitrogens with zero attached hydrogens (tertiary/aromatic N) is 5. The standard InChI is InChI=1S/C16H27N5O/c1-19(2)16(22)14-11-17-12-15(18-14)21(4)10-9-20(3)13-7-5-6-8-13/h11-13H,5-10H2,1-4H3. The molecular weight excluding hydrogens is 278 g/mol. The number of aromatic nitrogens is 2. The summed E-state index contributed by atoms with van der Waals surface area (Å²) in [4.78, 5) is 26.5. The minimum atomic E-state index is -0.120. The van der Waals surface area contributed by atoms with E-state index >= 15 is 0 Å². The first-order valence-electron chi connectivity index (χ1n) is 7.94. The molecule has 0 bridgehead atoms. The van der Waals surface area contributed by atoms with Crippen LogP contribution in [0.1, 0.15) is 36.2 Å². The second kappa shape index (κ2) is 7.54. The van der Waals surface area contributed by atoms with E-state index in [1.807, 2.05) is 7.05 Å². The lowest BCUT2D eigenvalue weighted by Crippen LogP contribution is -2.36. The smallest absolute Gasteiger partial charge is 0.273 e. The van der Waals surface area contributed by atoms with Gasteiger partial charge in [-0.15, -0.1) is 0 Å². The summed E-state index contributed by atoms with van der Waals surface area (Å²) in [5.74, 6) is 0.623. The highest BCUT2D eigenvalue weighted by Gasteiger charge is 2.19. The van der Waals surface area contributed by atoms with E-state index in [2.05, 4.69) is 26.8 Å². The summed E-state index contributed by atoms with van der Waals surface area (Å²) in [5, 5.41) is 0. The molecule has 0 spiro atoms. The molecule has 6 heteroatoms. The van der Waals surface area contributed by atoms with Crippen molar-refractivity contribution in [3.8, 4) is 0 Å². The van der Waals surface area contributed by atoms with Gasteiger partial charge >= 0.3 is 0 Å². The van der Waals surface area contributed by atoms with Gasteiger partial charge < -0.3 is 14.7 Å². The molecule has 1 fully saturated rings. The summed E-state index contributed by atoms with van der Waals surface area (Å²) >= 11 is 0. The molecule has 0 unspecified atom stereocenters. The van der Waals surface area contributed by atoms with Gasteiger partial charge in [0.2, 0.25) is 0 Å². The van der Waals surface area contributed by atoms with Crippen molar-refractivity contribution in [3.05, 3.63) is 18.1 Å². The van der Waals surface area contributed by atoms with E-state index < -0.39 is 0 Å². The van der Waals surface area contributed by atoms with Gasteiger partial charge in [-0.1, -0.05) is 12.8 Å². The van der Waals surface area contributed by atoms with E-state index in [1.165, 1.54) is 36.8 Å². The maximum atomic E-state index is 12.0. The molecule has 0 saturated heterocycles. The second-order valence-corrected chi connectivity index (χ2v) is 6.30. The normalized spacial score (nSPS) is 15.3. The number of hydrogen-bond acceptors (Lipinski definition) is 5. The summed E-state index contributed by atoms with van der Waals surface area (Å²) < 4.78 is 0. The van der Waals surface area contributed by atoms with E-state index in [4.69, 9.17) is 0 Å². The molecule has 1 aliphatic carbocycles. The van der Waals surface area contributed by atoms with Crippen molar-refractivity contribution in [2.24, 2.45) is 0 Å². The molecule has 0 radical (unpaired) electrons. The first-order valence-corrected chi connectivity index (χ1v) is 7.94. The lowest BCUT2D eigenvalue weighted by Gasteiger charge is -2.27. The molecule has 122 valence electrons. The average Bonchev–Trinajstić information content (AvgIpc) is 3.06. The highest BCUT2D eigenvalue weighted by atomic mass is 16.2. The summed E-state index contributed by atoms with van der Waals surface area (Å²) in [6, 6.07) is 0.723. The summed E-state index contributed by atoms with van der Waals surface area (Å²) in [5.41, 5.74) is 0.387. The number of amides is 1. The Morgan fingerprint density at radius 1 is 1.14 bits per heavy atom. The maximum Gasteiger partial charge on any atom is 0.273 e. The Morgan fingerprint density at radius 2 is 1.82 bits per heavy atom. The van der Waals surface area contributed by atoms with Crippen LogP contribution in [0, 0.1) is 0 Å². The molecule has 0 atom stereocenters. The molecule has 1 saturated carbocycles. The SMILES string of the molecule is CN(C)C(=O)c1cncc(N(C)CCN(C)C2CCCC2)n1. The quantitative estimate of drug-likeness (QED) is 0.797. The fraction of sp³-hybridized carbons (Fsp3) is 0.688. The van der Waals surface area contributed by atoms with E-state index in [1.54, 1.807) is 20.3 Å². The lowest BCUT2D eigenvalue weighted by atomic mass is 10.2. The first-order chi connectivity index (χ1) is 10.5. The van der Waals surface area contributed by atoms with Gasteiger partial charge in [0.05, 0.1) is 12.4 Å². The molecule has 1 heterocycles. The van der Waals surface area contributed by atoms with E-state index in [0.717, 1.165) is 24.9 Å². The van der Waals surface area contributed by atoms with Gasteiger partial charge in [-0.05, 0) is 19.9 Å². The topological polar surface area (TPSA) is 52.6 Å². The van der Waals surface area contributed by atoms with E-state index in [9.17, 15) is 4.79 Å². The predicted molar refractivity (Wildman–Crippen MR) is 88.2 cm³/mol. The second-order valence-electron chi connectivity index (χ2n) is 6.30. The summed E-state index contributed by atoms with van der Waals surface area (Å²) in [7, 11) is 7.63. The van der Waals surface area contributed by atoms with Crippen LogP contribution in [0.4, 0.5) is 5.82 Å². The van der Waals surface area contributed by atoms with Crippen molar-refractivity contribution >= 4 is 11.7 Å². The van der Waals surface area contributed by atoms with Crippen molar-refractivity contribution in [2.75, 3.05) is 46.2 Å². The number of carbonyl (C=O) groups excluding carboxylic acids is 1. The van der Waals surface area contributed by atoms with Crippen LogP contribution in [0.15, 0.2) is 12.4 Å². The Kier molecular flexibility index (Phi) is 5.71. The molecule has 0 aromatic carbocycles. The van der Waals surface area contributed by atoms with Crippen LogP contribution < -0.4 is 4.90 Å². The van der Waals surface area contributed by atoms with Gasteiger partial charge in [-0.25, -0.2) is 4.98 Å². The monoisotopic (exact) mass is 305 g/mol. The zero-order valence-corrected chi connectivity index (χ0v) is 14.1. The van der Waals surface area contributed by atoms with Crippen LogP contribution in [0.5, 0.6) is 0 Å². The number of likely N-dealkylation sites (N-methyl/N-ethyl adjacent to an activating group) is 2. The van der Waals surface area contributed by atoms with Crippen molar-refractivity contribution in [2.45, 2.75) is 31.7 Å². The number of hydrogen-bond donors (Lipinski definition) is 0. The highest BCUT2D eigenvalue weighted by Crippen LogP contribution is 2.22. The van der Waals surface area contributed by atoms with Crippen LogP contribution in [0.3, 0.4) is 0 Å². The Morgan fingerprint density at radius 3 is 2.45 bits per heavy atom. The zero-order chi connectivity index (χ0) is 16.1. The fourth-order valence-electron chi connectivity index (χ4n) is 2.82. The third-order valence-electron chi connectivity index (χ3n) is 4.37. The average molecular weight is 305 g/mol. The Bertz CT molecular complexity index is 499. The van der Waals surface area contributed by atoms with E-state index in [-0.39, 0.29) is 5.91 Å². The van der Waals surface area contributed by atoms with Gasteiger partial charge in [-0.3, -0.25) is 9.78 Å². The molecule has 6 nitrogen and oxygen atoms in total. The van der Waals surface area contributed by atoms with E-state index in [0.29, 0.717) is 5.69 Å². The Labute approximate surface area is 133 Å². The van der Waals surface area contributed by atoms with Gasteiger partial charge in [0.1, 0.15) is 11.5 Å². The molecule has 2 rings (SSSR count). The molecule has 1 aromatic rings. The van der Waals surface area contributed by atoms with Crippen LogP contribution in [0.25, 0.3) is 0 Å². The molecule has 1 aromatic heterocycles. The van der Waals surface area contributed by atoms with Crippen LogP contribution in [-0.4, -0.2) is 73.0 Å². The van der Waals surface area contributed by atoms with Crippen LogP contribution in [-0.2, 0) is 0 Å². The van der Waals surface area contributed by atoms with Gasteiger partial charge in [0.25, 0.3) is 5.91 Å². The molecular formula is C16H27N5O. The highest BCUT2D eigenvalue weighted by molar-refractivity contribution is 5.91. The van der Waals surface area contributed by atoms with Crippen molar-refractivity contribution < 1.29 is 4.79 Å². The Hall–Kier alpha value is -1.69. The van der Waals surface area contributed by atoms with Crippen molar-refractivity contribution in [1.82, 2.24) is 19.8 Å². The summed E-state index contributed by atoms with van der Waals surface area (Å²) in [6.45, 7) is 1.87. The van der Waals surface area contributed by atoms with Gasteiger partial charge in [-0.2, -0.15) is 0 Å². The maximum absolute atomic E-state index is 12.0. The number of carbonyl (C=O) groups is 1. The predicted octanol–water partition coefficient (Wildman–Crippen LogP) is 1.49. The zero-order valence-electron chi connectivity index (χ0n) is 14.1. The van der Waals surface area contributed by atoms with Gasteiger partial charge in [0, 0.05) is 40.3 Å². The number of anilines is 1. The van der Waals surface area contributed by atoms with Crippen molar-refractivity contribution in [1.29, 1.82) is 0 Å². The largest absolute Gasteiger partial charge is 0.357 e. The molecule has 1 amide bonds. The number of rotatable bonds is 6. The first kappa shape index (κ1) is 16.7. The molecule has 0 aliphatic heterocycles. The lowest BCUT2D eigenvalue weighted by molar-refractivity contribution is 0.0821. The molecule has 0 N–H and O–H groups in total. The summed E-state index contributed by atoms with van der Waals surface area (Å²) in [6.07, 6.45) is 8.56. The molecule has 22 heavy (non-hydrogen) atoms. The van der Waals surface area contributed by atoms with Crippen LogP contribution >= 0.6 is 0 Å². The van der Waals surface area contributed by atoms with Crippen molar-refractivity contribution in [3.63, 3.8) is 0 Å². The minimum absolute atomic E-state index is 0.120. The van der Waals surface area contributed by atoms with Crippen LogP contribution in [0.2, 0.25) is 0 Å². The third-order valence-corrected chi connectivity index (χ3v) is 4.37. The van der Waals surface area contributed by atoms with Gasteiger partial charge in [0.15, 0.2) is 0 Å². The fourth-order valence-corrected chi connectivity index (χ4v) is 2.82.